The van der Waals surface area contributed by atoms with E-state index >= 15 is 0 Å². The second-order valence-electron chi connectivity index (χ2n) is 9.04. The predicted molar refractivity (Wildman–Crippen MR) is 122 cm³/mol. The average molecular weight is 404 g/mol. The summed E-state index contributed by atoms with van der Waals surface area (Å²) >= 11 is 0. The fourth-order valence-corrected chi connectivity index (χ4v) is 4.08. The molecule has 1 atom stereocenters. The number of aryl methyl sites for hydroxylation is 1. The van der Waals surface area contributed by atoms with E-state index in [2.05, 4.69) is 75.9 Å². The second kappa shape index (κ2) is 9.06. The molecule has 3 rings (SSSR count). The Morgan fingerprint density at radius 3 is 2.47 bits per heavy atom. The SMILES string of the molecule is CCCCC1(C#CCCc2ccccc2)c2cc(C(C)(C)C)ccc2C(=O)N1OC. The largest absolute Gasteiger partial charge is 0.279 e. The van der Waals surface area contributed by atoms with Crippen molar-refractivity contribution < 1.29 is 9.63 Å². The fourth-order valence-electron chi connectivity index (χ4n) is 4.08. The summed E-state index contributed by atoms with van der Waals surface area (Å²) in [5.74, 6) is 6.79. The Morgan fingerprint density at radius 1 is 1.10 bits per heavy atom. The van der Waals surface area contributed by atoms with E-state index in [1.165, 1.54) is 16.2 Å². The van der Waals surface area contributed by atoms with E-state index in [4.69, 9.17) is 4.84 Å². The van der Waals surface area contributed by atoms with Gasteiger partial charge in [0.2, 0.25) is 0 Å². The number of hydroxylamine groups is 2. The maximum absolute atomic E-state index is 13.2. The molecule has 0 fully saturated rings. The lowest BCUT2D eigenvalue weighted by Crippen LogP contribution is -2.42. The summed E-state index contributed by atoms with van der Waals surface area (Å²) in [5, 5.41) is 1.51. The lowest BCUT2D eigenvalue weighted by Gasteiger charge is -2.33. The van der Waals surface area contributed by atoms with E-state index in [0.29, 0.717) is 5.56 Å². The van der Waals surface area contributed by atoms with Gasteiger partial charge >= 0.3 is 0 Å². The molecule has 158 valence electrons. The van der Waals surface area contributed by atoms with Crippen molar-refractivity contribution in [1.82, 2.24) is 5.06 Å². The van der Waals surface area contributed by atoms with Crippen molar-refractivity contribution in [2.24, 2.45) is 0 Å². The molecule has 0 aliphatic carbocycles. The van der Waals surface area contributed by atoms with Gasteiger partial charge in [-0.05, 0) is 41.9 Å². The fraction of sp³-hybridized carbons (Fsp3) is 0.444. The summed E-state index contributed by atoms with van der Waals surface area (Å²) < 4.78 is 0. The first-order chi connectivity index (χ1) is 14.3. The van der Waals surface area contributed by atoms with Crippen LogP contribution in [0.1, 0.15) is 80.4 Å². The normalized spacial score (nSPS) is 18.2. The summed E-state index contributed by atoms with van der Waals surface area (Å²) in [6, 6.07) is 16.6. The van der Waals surface area contributed by atoms with E-state index < -0.39 is 5.54 Å². The molecular weight excluding hydrogens is 370 g/mol. The van der Waals surface area contributed by atoms with E-state index in [1.54, 1.807) is 7.11 Å². The number of hydrogen-bond donors (Lipinski definition) is 0. The smallest absolute Gasteiger partial charge is 0.272 e. The Kier molecular flexibility index (Phi) is 6.68. The zero-order valence-electron chi connectivity index (χ0n) is 18.9. The van der Waals surface area contributed by atoms with Gasteiger partial charge in [-0.2, -0.15) is 5.06 Å². The van der Waals surface area contributed by atoms with Gasteiger partial charge < -0.3 is 0 Å². The molecule has 1 aliphatic rings. The number of fused-ring (bicyclic) bond motifs is 1. The average Bonchev–Trinajstić information content (AvgIpc) is 2.97. The van der Waals surface area contributed by atoms with Crippen molar-refractivity contribution in [3.63, 3.8) is 0 Å². The van der Waals surface area contributed by atoms with Crippen LogP contribution in [-0.2, 0) is 22.2 Å². The molecule has 1 heterocycles. The zero-order valence-corrected chi connectivity index (χ0v) is 18.9. The number of hydrogen-bond acceptors (Lipinski definition) is 2. The minimum Gasteiger partial charge on any atom is -0.272 e. The first-order valence-electron chi connectivity index (χ1n) is 10.9. The van der Waals surface area contributed by atoms with Crippen LogP contribution in [0.3, 0.4) is 0 Å². The molecule has 30 heavy (non-hydrogen) atoms. The van der Waals surface area contributed by atoms with Crippen molar-refractivity contribution in [2.45, 2.75) is 70.8 Å². The number of benzene rings is 2. The minimum atomic E-state index is -0.727. The summed E-state index contributed by atoms with van der Waals surface area (Å²) in [7, 11) is 1.57. The van der Waals surface area contributed by atoms with Crippen LogP contribution in [0.25, 0.3) is 0 Å². The third-order valence-corrected chi connectivity index (χ3v) is 5.84. The second-order valence-corrected chi connectivity index (χ2v) is 9.04. The molecule has 0 bridgehead atoms. The lowest BCUT2D eigenvalue weighted by atomic mass is 9.80. The highest BCUT2D eigenvalue weighted by atomic mass is 16.7. The molecule has 1 aliphatic heterocycles. The van der Waals surface area contributed by atoms with Crippen molar-refractivity contribution >= 4 is 5.91 Å². The first kappa shape index (κ1) is 22.1. The van der Waals surface area contributed by atoms with Crippen LogP contribution in [0.4, 0.5) is 0 Å². The van der Waals surface area contributed by atoms with Crippen LogP contribution >= 0.6 is 0 Å². The third kappa shape index (κ3) is 4.30. The number of carbonyl (C=O) groups excluding carboxylic acids is 1. The molecule has 0 saturated heterocycles. The van der Waals surface area contributed by atoms with Crippen molar-refractivity contribution in [2.75, 3.05) is 7.11 Å². The Balaban J connectivity index is 2.03. The number of nitrogens with zero attached hydrogens (tertiary/aromatic N) is 1. The summed E-state index contributed by atoms with van der Waals surface area (Å²) in [6.07, 6.45) is 4.42. The quantitative estimate of drug-likeness (QED) is 0.552. The maximum Gasteiger partial charge on any atom is 0.279 e. The molecule has 0 radical (unpaired) electrons. The van der Waals surface area contributed by atoms with Gasteiger partial charge in [-0.15, -0.1) is 5.92 Å². The van der Waals surface area contributed by atoms with Crippen LogP contribution in [0.15, 0.2) is 48.5 Å². The number of rotatable bonds is 6. The maximum atomic E-state index is 13.2. The molecule has 0 spiro atoms. The van der Waals surface area contributed by atoms with Gasteiger partial charge in [0.1, 0.15) is 0 Å². The van der Waals surface area contributed by atoms with Crippen LogP contribution < -0.4 is 0 Å². The van der Waals surface area contributed by atoms with Crippen molar-refractivity contribution in [3.8, 4) is 11.8 Å². The Labute approximate surface area is 181 Å². The highest BCUT2D eigenvalue weighted by molar-refractivity contribution is 6.00. The minimum absolute atomic E-state index is 0.00416. The standard InChI is InChI=1S/C27H33NO2/c1-6-7-18-27(19-12-11-15-21-13-9-8-10-14-21)24-20-22(26(2,3)4)16-17-23(24)25(29)28(27)30-5/h8-10,13-14,16-17,20H,6-7,11,15,18H2,1-5H3. The van der Waals surface area contributed by atoms with E-state index in [0.717, 1.165) is 37.7 Å². The molecule has 2 aromatic rings. The molecule has 1 amide bonds. The van der Waals surface area contributed by atoms with Crippen molar-refractivity contribution in [1.29, 1.82) is 0 Å². The van der Waals surface area contributed by atoms with E-state index in [9.17, 15) is 4.79 Å². The number of carbonyl (C=O) groups is 1. The summed E-state index contributed by atoms with van der Waals surface area (Å²) in [6.45, 7) is 8.74. The molecular formula is C27H33NO2. The van der Waals surface area contributed by atoms with Gasteiger partial charge in [0.25, 0.3) is 5.91 Å². The van der Waals surface area contributed by atoms with E-state index in [-0.39, 0.29) is 11.3 Å². The lowest BCUT2D eigenvalue weighted by molar-refractivity contribution is -0.143. The van der Waals surface area contributed by atoms with Gasteiger partial charge in [0.15, 0.2) is 5.54 Å². The Hall–Kier alpha value is -2.57. The Bertz CT molecular complexity index is 946. The van der Waals surface area contributed by atoms with E-state index in [1.807, 2.05) is 12.1 Å². The third-order valence-electron chi connectivity index (χ3n) is 5.84. The molecule has 1 unspecified atom stereocenters. The Morgan fingerprint density at radius 2 is 1.83 bits per heavy atom. The van der Waals surface area contributed by atoms with Gasteiger partial charge in [-0.25, -0.2) is 0 Å². The van der Waals surface area contributed by atoms with Crippen LogP contribution in [0.5, 0.6) is 0 Å². The van der Waals surface area contributed by atoms with Gasteiger partial charge in [-0.3, -0.25) is 9.63 Å². The molecule has 2 aromatic carbocycles. The van der Waals surface area contributed by atoms with Gasteiger partial charge in [-0.1, -0.05) is 82.5 Å². The molecule has 0 aromatic heterocycles. The molecule has 3 nitrogen and oxygen atoms in total. The number of unbranched alkanes of at least 4 members (excludes halogenated alkanes) is 1. The topological polar surface area (TPSA) is 29.5 Å². The summed E-state index contributed by atoms with van der Waals surface area (Å²) in [4.78, 5) is 18.8. The predicted octanol–water partition coefficient (Wildman–Crippen LogP) is 6.02. The molecule has 0 N–H and O–H groups in total. The highest BCUT2D eigenvalue weighted by Crippen LogP contribution is 2.44. The monoisotopic (exact) mass is 403 g/mol. The summed E-state index contributed by atoms with van der Waals surface area (Å²) in [5.41, 5.74) is 3.45. The zero-order chi connectivity index (χ0) is 21.8. The van der Waals surface area contributed by atoms with Crippen molar-refractivity contribution in [3.05, 3.63) is 70.8 Å². The first-order valence-corrected chi connectivity index (χ1v) is 10.9. The van der Waals surface area contributed by atoms with Gasteiger partial charge in [0, 0.05) is 17.5 Å². The highest BCUT2D eigenvalue weighted by Gasteiger charge is 2.49. The molecule has 3 heteroatoms. The van der Waals surface area contributed by atoms with Crippen LogP contribution in [0.2, 0.25) is 0 Å². The van der Waals surface area contributed by atoms with Gasteiger partial charge in [0.05, 0.1) is 7.11 Å². The van der Waals surface area contributed by atoms with Crippen LogP contribution in [-0.4, -0.2) is 18.1 Å². The van der Waals surface area contributed by atoms with Crippen LogP contribution in [0, 0.1) is 11.8 Å². The molecule has 0 saturated carbocycles. The number of amides is 1.